The lowest BCUT2D eigenvalue weighted by Crippen LogP contribution is -2.34. The van der Waals surface area contributed by atoms with Crippen LogP contribution >= 0.6 is 0 Å². The minimum absolute atomic E-state index is 0.0781. The Kier molecular flexibility index (Phi) is 3.94. The topological polar surface area (TPSA) is 61.8 Å². The molecule has 1 aromatic rings. The summed E-state index contributed by atoms with van der Waals surface area (Å²) in [6.07, 6.45) is 4.83. The van der Waals surface area contributed by atoms with Gasteiger partial charge in [0, 0.05) is 35.3 Å². The van der Waals surface area contributed by atoms with Crippen molar-refractivity contribution in [3.8, 4) is 0 Å². The van der Waals surface area contributed by atoms with Gasteiger partial charge in [-0.15, -0.1) is 0 Å². The first-order valence-corrected chi connectivity index (χ1v) is 9.61. The highest BCUT2D eigenvalue weighted by atomic mass is 16.2. The van der Waals surface area contributed by atoms with E-state index in [4.69, 9.17) is 0 Å². The Morgan fingerprint density at radius 3 is 2.73 bits per heavy atom. The second kappa shape index (κ2) is 5.93. The largest absolute Gasteiger partial charge is 0.312 e. The van der Waals surface area contributed by atoms with Crippen LogP contribution < -0.4 is 10.3 Å². The molecule has 3 aliphatic rings. The molecule has 26 heavy (non-hydrogen) atoms. The molecule has 5 nitrogen and oxygen atoms in total. The number of nitrogens with zero attached hydrogens (tertiary/aromatic N) is 2. The Morgan fingerprint density at radius 1 is 1.31 bits per heavy atom. The fourth-order valence-corrected chi connectivity index (χ4v) is 5.02. The van der Waals surface area contributed by atoms with Crippen molar-refractivity contribution < 1.29 is 9.59 Å². The number of carbonyl (C=O) groups excluding carboxylic acids is 2. The molecule has 1 heterocycles. The minimum atomic E-state index is -0.213. The Hall–Kier alpha value is -2.17. The van der Waals surface area contributed by atoms with Gasteiger partial charge in [0.15, 0.2) is 0 Å². The Morgan fingerprint density at radius 2 is 2.12 bits per heavy atom. The number of amides is 2. The Bertz CT molecular complexity index is 798. The number of carbonyl (C=O) groups is 2. The molecule has 0 unspecified atom stereocenters. The van der Waals surface area contributed by atoms with Crippen molar-refractivity contribution in [2.24, 2.45) is 21.8 Å². The van der Waals surface area contributed by atoms with Gasteiger partial charge in [0.25, 0.3) is 5.91 Å². The minimum Gasteiger partial charge on any atom is -0.312 e. The quantitative estimate of drug-likeness (QED) is 0.841. The van der Waals surface area contributed by atoms with E-state index >= 15 is 0 Å². The van der Waals surface area contributed by atoms with Gasteiger partial charge in [-0.05, 0) is 55.2 Å². The second-order valence-corrected chi connectivity index (χ2v) is 8.69. The Labute approximate surface area is 154 Å². The highest BCUT2D eigenvalue weighted by Crippen LogP contribution is 2.63. The van der Waals surface area contributed by atoms with Crippen LogP contribution in [0.1, 0.15) is 63.2 Å². The van der Waals surface area contributed by atoms with Crippen molar-refractivity contribution in [3.63, 3.8) is 0 Å². The fourth-order valence-electron chi connectivity index (χ4n) is 5.02. The summed E-state index contributed by atoms with van der Waals surface area (Å²) in [5, 5.41) is 4.53. The first-order chi connectivity index (χ1) is 12.3. The molecular formula is C21H27N3O2. The van der Waals surface area contributed by atoms with Gasteiger partial charge in [-0.2, -0.15) is 5.10 Å². The monoisotopic (exact) mass is 353 g/mol. The summed E-state index contributed by atoms with van der Waals surface area (Å²) in [7, 11) is 0. The molecule has 2 saturated carbocycles. The second-order valence-electron chi connectivity index (χ2n) is 8.69. The van der Waals surface area contributed by atoms with Gasteiger partial charge in [0.05, 0.1) is 0 Å². The number of benzene rings is 1. The van der Waals surface area contributed by atoms with Crippen molar-refractivity contribution in [2.45, 2.75) is 52.9 Å². The maximum atomic E-state index is 12.6. The molecule has 3 fully saturated rings. The third-order valence-corrected chi connectivity index (χ3v) is 7.30. The van der Waals surface area contributed by atoms with Gasteiger partial charge in [0.2, 0.25) is 5.91 Å². The van der Waals surface area contributed by atoms with Crippen LogP contribution in [0.2, 0.25) is 0 Å². The van der Waals surface area contributed by atoms with Crippen LogP contribution in [0.3, 0.4) is 0 Å². The maximum absolute atomic E-state index is 12.6. The predicted octanol–water partition coefficient (Wildman–Crippen LogP) is 3.75. The molecule has 2 aliphatic carbocycles. The van der Waals surface area contributed by atoms with E-state index in [1.165, 1.54) is 6.42 Å². The number of hydrogen-bond acceptors (Lipinski definition) is 3. The lowest BCUT2D eigenvalue weighted by atomic mass is 9.70. The molecule has 1 N–H and O–H groups in total. The first-order valence-electron chi connectivity index (χ1n) is 9.61. The molecule has 2 bridgehead atoms. The number of nitrogens with one attached hydrogen (secondary N) is 1. The predicted molar refractivity (Wildman–Crippen MR) is 102 cm³/mol. The van der Waals surface area contributed by atoms with E-state index in [1.54, 1.807) is 17.0 Å². The SMILES string of the molecule is CC1(C)[C@@H]2CC[C@@]1(C)/C(=N/NC(=O)c1cccc(N3CCCC3=O)c1)C2. The van der Waals surface area contributed by atoms with Crippen molar-refractivity contribution in [1.29, 1.82) is 0 Å². The number of fused-ring (bicyclic) bond motifs is 2. The van der Waals surface area contributed by atoms with Gasteiger partial charge < -0.3 is 4.90 Å². The van der Waals surface area contributed by atoms with E-state index in [1.807, 2.05) is 12.1 Å². The molecule has 2 amide bonds. The molecule has 4 rings (SSSR count). The van der Waals surface area contributed by atoms with Crippen molar-refractivity contribution in [1.82, 2.24) is 5.43 Å². The molecule has 0 aromatic heterocycles. The highest BCUT2D eigenvalue weighted by Gasteiger charge is 2.60. The van der Waals surface area contributed by atoms with Crippen LogP contribution in [0, 0.1) is 16.7 Å². The van der Waals surface area contributed by atoms with E-state index in [0.29, 0.717) is 17.9 Å². The van der Waals surface area contributed by atoms with Crippen molar-refractivity contribution in [2.75, 3.05) is 11.4 Å². The Balaban J connectivity index is 1.50. The zero-order valence-electron chi connectivity index (χ0n) is 15.8. The highest BCUT2D eigenvalue weighted by molar-refractivity contribution is 6.00. The molecule has 0 spiro atoms. The van der Waals surface area contributed by atoms with Crippen LogP contribution in [0.5, 0.6) is 0 Å². The van der Waals surface area contributed by atoms with E-state index in [-0.39, 0.29) is 22.6 Å². The van der Waals surface area contributed by atoms with Crippen LogP contribution in [-0.2, 0) is 4.79 Å². The van der Waals surface area contributed by atoms with Crippen molar-refractivity contribution in [3.05, 3.63) is 29.8 Å². The number of rotatable bonds is 3. The van der Waals surface area contributed by atoms with Gasteiger partial charge in [-0.25, -0.2) is 5.43 Å². The standard InChI is InChI=1S/C21H27N3O2/c1-20(2)15-9-10-21(20,3)17(13-15)22-23-19(26)14-6-4-7-16(12-14)24-11-5-8-18(24)25/h4,6-7,12,15H,5,8-11,13H2,1-3H3,(H,23,26)/b22-17+/t15-,21+/m1/s1. The molecule has 1 aromatic carbocycles. The summed E-state index contributed by atoms with van der Waals surface area (Å²) in [5.74, 6) is 0.572. The average molecular weight is 353 g/mol. The molecule has 2 atom stereocenters. The smallest absolute Gasteiger partial charge is 0.271 e. The lowest BCUT2D eigenvalue weighted by Gasteiger charge is -2.34. The normalized spacial score (nSPS) is 31.0. The van der Waals surface area contributed by atoms with Crippen LogP contribution in [0.15, 0.2) is 29.4 Å². The summed E-state index contributed by atoms with van der Waals surface area (Å²) in [5.41, 5.74) is 5.54. The lowest BCUT2D eigenvalue weighted by molar-refractivity contribution is -0.117. The van der Waals surface area contributed by atoms with E-state index < -0.39 is 0 Å². The van der Waals surface area contributed by atoms with Crippen LogP contribution in [0.25, 0.3) is 0 Å². The summed E-state index contributed by atoms with van der Waals surface area (Å²) >= 11 is 0. The van der Waals surface area contributed by atoms with E-state index in [9.17, 15) is 9.59 Å². The van der Waals surface area contributed by atoms with Crippen LogP contribution in [-0.4, -0.2) is 24.1 Å². The summed E-state index contributed by atoms with van der Waals surface area (Å²) in [6, 6.07) is 7.26. The molecule has 138 valence electrons. The molecule has 5 heteroatoms. The summed E-state index contributed by atoms with van der Waals surface area (Å²) in [4.78, 5) is 26.3. The summed E-state index contributed by atoms with van der Waals surface area (Å²) < 4.78 is 0. The van der Waals surface area contributed by atoms with Gasteiger partial charge in [-0.1, -0.05) is 26.8 Å². The molecular weight excluding hydrogens is 326 g/mol. The molecule has 0 radical (unpaired) electrons. The zero-order valence-corrected chi connectivity index (χ0v) is 15.8. The zero-order chi connectivity index (χ0) is 18.5. The van der Waals surface area contributed by atoms with Crippen LogP contribution in [0.4, 0.5) is 5.69 Å². The average Bonchev–Trinajstić information content (AvgIpc) is 3.20. The first kappa shape index (κ1) is 17.3. The fraction of sp³-hybridized carbons (Fsp3) is 0.571. The van der Waals surface area contributed by atoms with Gasteiger partial charge in [-0.3, -0.25) is 9.59 Å². The van der Waals surface area contributed by atoms with E-state index in [2.05, 4.69) is 31.3 Å². The molecule has 1 saturated heterocycles. The van der Waals surface area contributed by atoms with Gasteiger partial charge in [0.1, 0.15) is 0 Å². The number of hydrogen-bond donors (Lipinski definition) is 1. The van der Waals surface area contributed by atoms with E-state index in [0.717, 1.165) is 37.2 Å². The number of anilines is 1. The van der Waals surface area contributed by atoms with Gasteiger partial charge >= 0.3 is 0 Å². The summed E-state index contributed by atoms with van der Waals surface area (Å²) in [6.45, 7) is 7.66. The number of hydrazone groups is 1. The molecule has 1 aliphatic heterocycles. The third-order valence-electron chi connectivity index (χ3n) is 7.30. The maximum Gasteiger partial charge on any atom is 0.271 e. The third kappa shape index (κ3) is 2.48. The van der Waals surface area contributed by atoms with Crippen molar-refractivity contribution >= 4 is 23.2 Å².